The minimum absolute atomic E-state index is 0.0660. The number of anilines is 6. The van der Waals surface area contributed by atoms with E-state index in [2.05, 4.69) is 206 Å². The number of rotatable bonds is 3. The highest BCUT2D eigenvalue weighted by Crippen LogP contribution is 2.52. The molecule has 290 valence electrons. The van der Waals surface area contributed by atoms with E-state index in [-0.39, 0.29) is 28.4 Å². The molecule has 0 radical (unpaired) electrons. The van der Waals surface area contributed by atoms with Crippen molar-refractivity contribution in [3.63, 3.8) is 0 Å². The fourth-order valence-electron chi connectivity index (χ4n) is 10.1. The summed E-state index contributed by atoms with van der Waals surface area (Å²) in [4.78, 5) is 5.20. The molecule has 2 nitrogen and oxygen atoms in total. The Balaban J connectivity index is 1.29. The monoisotopic (exact) mass is 774 g/mol. The molecule has 0 saturated heterocycles. The predicted octanol–water partition coefficient (Wildman–Crippen LogP) is 13.6. The fourth-order valence-corrected chi connectivity index (χ4v) is 11.4. The largest absolute Gasteiger partial charge is 0.311 e. The van der Waals surface area contributed by atoms with E-state index in [0.29, 0.717) is 0 Å². The molecular weight excluding hydrogens is 719 g/mol. The highest BCUT2D eigenvalue weighted by molar-refractivity contribution is 7.33. The number of thiophene rings is 1. The van der Waals surface area contributed by atoms with Crippen molar-refractivity contribution in [3.8, 4) is 11.1 Å². The first kappa shape index (κ1) is 37.2. The van der Waals surface area contributed by atoms with Gasteiger partial charge in [-0.05, 0) is 133 Å². The molecule has 10 rings (SSSR count). The van der Waals surface area contributed by atoms with Crippen LogP contribution in [0.2, 0.25) is 0 Å². The topological polar surface area (TPSA) is 6.48 Å². The highest BCUT2D eigenvalue weighted by Gasteiger charge is 2.47. The number of hydrogen-bond acceptors (Lipinski definition) is 3. The predicted molar refractivity (Wildman–Crippen MR) is 254 cm³/mol. The molecule has 0 bridgehead atoms. The van der Waals surface area contributed by atoms with Crippen LogP contribution in [0.4, 0.5) is 34.1 Å². The maximum Gasteiger partial charge on any atom is 0.264 e. The van der Waals surface area contributed by atoms with Crippen LogP contribution in [-0.2, 0) is 21.7 Å². The zero-order valence-electron chi connectivity index (χ0n) is 35.9. The van der Waals surface area contributed by atoms with Gasteiger partial charge in [0.25, 0.3) is 6.71 Å². The minimum Gasteiger partial charge on any atom is -0.311 e. The van der Waals surface area contributed by atoms with Gasteiger partial charge in [0.15, 0.2) is 0 Å². The second-order valence-electron chi connectivity index (χ2n) is 20.5. The molecule has 0 fully saturated rings. The molecule has 7 aromatic rings. The summed E-state index contributed by atoms with van der Waals surface area (Å²) in [7, 11) is 0. The molecule has 0 unspecified atom stereocenters. The normalized spacial score (nSPS) is 16.5. The molecule has 0 atom stereocenters. The van der Waals surface area contributed by atoms with E-state index in [4.69, 9.17) is 0 Å². The summed E-state index contributed by atoms with van der Waals surface area (Å²) in [5.74, 6) is 0. The summed E-state index contributed by atoms with van der Waals surface area (Å²) in [5.41, 5.74) is 18.9. The SMILES string of the molecule is CC(C)(C)c1ccc(N2c3cc4c(cc3B3c5sc6ccc(-c7ccccc7)cc6c5N(c5ccc(C(C)(C)C)cc5)c5cccc2c53)C(C)(C)CCC4(C)C)cc1. The van der Waals surface area contributed by atoms with Crippen molar-refractivity contribution in [1.82, 2.24) is 0 Å². The third-order valence-electron chi connectivity index (χ3n) is 13.6. The van der Waals surface area contributed by atoms with E-state index in [0.717, 1.165) is 0 Å². The zero-order chi connectivity index (χ0) is 40.5. The maximum absolute atomic E-state index is 2.66. The molecule has 0 spiro atoms. The standard InChI is InChI=1S/C54H55BN2S/c1-51(2,3)36-20-24-38(25-21-36)56-44-17-14-18-45-48(44)55(43-32-41-42(33-46(43)56)54(9,10)30-29-53(41,7)8)50-49(57(45)39-26-22-37(23-27-39)52(4,5)6)40-31-35(19-28-47(40)58-50)34-15-12-11-13-16-34/h11-28,31-33H,29-30H2,1-10H3. The molecule has 0 N–H and O–H groups in total. The van der Waals surface area contributed by atoms with Crippen LogP contribution in [0.15, 0.2) is 127 Å². The molecular formula is C54H55BN2S. The Kier molecular flexibility index (Phi) is 8.17. The van der Waals surface area contributed by atoms with Gasteiger partial charge in [-0.1, -0.05) is 142 Å². The fraction of sp³-hybridized carbons (Fsp3) is 0.296. The third-order valence-corrected chi connectivity index (χ3v) is 14.9. The lowest BCUT2D eigenvalue weighted by molar-refractivity contribution is 0.332. The molecule has 0 saturated carbocycles. The Bertz CT molecular complexity index is 2740. The van der Waals surface area contributed by atoms with Gasteiger partial charge in [-0.15, -0.1) is 11.3 Å². The molecule has 6 aromatic carbocycles. The van der Waals surface area contributed by atoms with Crippen LogP contribution in [-0.4, -0.2) is 6.71 Å². The summed E-state index contributed by atoms with van der Waals surface area (Å²) in [5, 5.41) is 1.32. The average molecular weight is 775 g/mol. The van der Waals surface area contributed by atoms with Gasteiger partial charge in [-0.2, -0.15) is 0 Å². The zero-order valence-corrected chi connectivity index (χ0v) is 36.7. The maximum atomic E-state index is 2.66. The Morgan fingerprint density at radius 2 is 1.09 bits per heavy atom. The summed E-state index contributed by atoms with van der Waals surface area (Å²) in [6.07, 6.45) is 2.37. The quantitative estimate of drug-likeness (QED) is 0.165. The molecule has 2 aliphatic heterocycles. The van der Waals surface area contributed by atoms with E-state index in [1.54, 1.807) is 0 Å². The first-order valence-corrected chi connectivity index (χ1v) is 22.1. The molecule has 0 amide bonds. The molecule has 3 heterocycles. The molecule has 58 heavy (non-hydrogen) atoms. The van der Waals surface area contributed by atoms with Crippen molar-refractivity contribution in [2.24, 2.45) is 0 Å². The van der Waals surface area contributed by atoms with Crippen molar-refractivity contribution in [2.45, 2.75) is 104 Å². The van der Waals surface area contributed by atoms with E-state index >= 15 is 0 Å². The lowest BCUT2D eigenvalue weighted by atomic mass is 9.35. The molecule has 4 heteroatoms. The van der Waals surface area contributed by atoms with E-state index < -0.39 is 0 Å². The summed E-state index contributed by atoms with van der Waals surface area (Å²) < 4.78 is 2.76. The van der Waals surface area contributed by atoms with Crippen LogP contribution in [0.3, 0.4) is 0 Å². The van der Waals surface area contributed by atoms with Crippen LogP contribution in [0.5, 0.6) is 0 Å². The van der Waals surface area contributed by atoms with Gasteiger partial charge >= 0.3 is 0 Å². The second kappa shape index (κ2) is 12.7. The first-order chi connectivity index (χ1) is 27.5. The summed E-state index contributed by atoms with van der Waals surface area (Å²) in [6, 6.07) is 49.2. The van der Waals surface area contributed by atoms with Gasteiger partial charge in [0.1, 0.15) is 0 Å². The number of hydrogen-bond donors (Lipinski definition) is 0. The van der Waals surface area contributed by atoms with Gasteiger partial charge in [-0.25, -0.2) is 0 Å². The Hall–Kier alpha value is -5.06. The van der Waals surface area contributed by atoms with E-state index in [9.17, 15) is 0 Å². The van der Waals surface area contributed by atoms with Crippen LogP contribution in [0.1, 0.15) is 104 Å². The number of benzene rings is 6. The van der Waals surface area contributed by atoms with Gasteiger partial charge in [0, 0.05) is 43.3 Å². The van der Waals surface area contributed by atoms with E-state index in [1.807, 2.05) is 11.3 Å². The van der Waals surface area contributed by atoms with Crippen molar-refractivity contribution in [2.75, 3.05) is 9.80 Å². The lowest BCUT2D eigenvalue weighted by Crippen LogP contribution is -2.61. The lowest BCUT2D eigenvalue weighted by Gasteiger charge is -2.47. The Morgan fingerprint density at radius 1 is 0.534 bits per heavy atom. The minimum atomic E-state index is 0.0660. The van der Waals surface area contributed by atoms with Gasteiger partial charge in [-0.3, -0.25) is 0 Å². The number of fused-ring (bicyclic) bond motifs is 7. The Labute approximate surface area is 350 Å². The highest BCUT2D eigenvalue weighted by atomic mass is 32.1. The van der Waals surface area contributed by atoms with Gasteiger partial charge in [0.05, 0.1) is 5.69 Å². The van der Waals surface area contributed by atoms with E-state index in [1.165, 1.54) is 106 Å². The second-order valence-corrected chi connectivity index (χ2v) is 21.6. The summed E-state index contributed by atoms with van der Waals surface area (Å²) >= 11 is 1.99. The first-order valence-electron chi connectivity index (χ1n) is 21.3. The Morgan fingerprint density at radius 3 is 1.67 bits per heavy atom. The number of nitrogens with zero attached hydrogens (tertiary/aromatic N) is 2. The smallest absolute Gasteiger partial charge is 0.264 e. The van der Waals surface area contributed by atoms with Gasteiger partial charge < -0.3 is 9.80 Å². The van der Waals surface area contributed by atoms with Crippen molar-refractivity contribution >= 4 is 78.0 Å². The van der Waals surface area contributed by atoms with Crippen molar-refractivity contribution < 1.29 is 0 Å². The van der Waals surface area contributed by atoms with Crippen LogP contribution in [0.25, 0.3) is 21.2 Å². The van der Waals surface area contributed by atoms with Gasteiger partial charge in [0.2, 0.25) is 0 Å². The third kappa shape index (κ3) is 5.73. The molecule has 1 aromatic heterocycles. The average Bonchev–Trinajstić information content (AvgIpc) is 3.57. The molecule has 3 aliphatic rings. The molecule has 1 aliphatic carbocycles. The van der Waals surface area contributed by atoms with Crippen LogP contribution < -0.4 is 25.5 Å². The van der Waals surface area contributed by atoms with Crippen molar-refractivity contribution in [1.29, 1.82) is 0 Å². The summed E-state index contributed by atoms with van der Waals surface area (Å²) in [6.45, 7) is 23.8. The van der Waals surface area contributed by atoms with Crippen molar-refractivity contribution in [3.05, 3.63) is 150 Å². The van der Waals surface area contributed by atoms with Crippen LogP contribution in [0, 0.1) is 0 Å². The van der Waals surface area contributed by atoms with Crippen LogP contribution >= 0.6 is 11.3 Å².